The first-order chi connectivity index (χ1) is 11.0. The Labute approximate surface area is 140 Å². The smallest absolute Gasteiger partial charge is 0.223 e. The molecule has 1 heterocycles. The van der Waals surface area contributed by atoms with Crippen molar-refractivity contribution in [2.24, 2.45) is 10.8 Å². The van der Waals surface area contributed by atoms with Gasteiger partial charge in [-0.05, 0) is 38.0 Å². The van der Waals surface area contributed by atoms with Crippen LogP contribution in [0, 0.1) is 10.8 Å². The van der Waals surface area contributed by atoms with Gasteiger partial charge in [0, 0.05) is 38.0 Å². The molecule has 2 aliphatic carbocycles. The second kappa shape index (κ2) is 6.72. The summed E-state index contributed by atoms with van der Waals surface area (Å²) in [5.41, 5.74) is 0.135. The van der Waals surface area contributed by atoms with E-state index in [1.165, 1.54) is 32.1 Å². The van der Waals surface area contributed by atoms with E-state index < -0.39 is 0 Å². The van der Waals surface area contributed by atoms with Crippen molar-refractivity contribution in [3.05, 3.63) is 0 Å². The predicted molar refractivity (Wildman–Crippen MR) is 90.1 cm³/mol. The molecule has 0 aromatic rings. The normalized spacial score (nSPS) is 32.6. The van der Waals surface area contributed by atoms with E-state index in [9.17, 15) is 9.90 Å². The zero-order valence-corrected chi connectivity index (χ0v) is 14.9. The summed E-state index contributed by atoms with van der Waals surface area (Å²) in [5.74, 6) is 0.325. The van der Waals surface area contributed by atoms with E-state index in [4.69, 9.17) is 4.74 Å². The lowest BCUT2D eigenvalue weighted by atomic mass is 9.58. The Bertz CT molecular complexity index is 420. The number of ether oxygens (including phenoxy) is 1. The first kappa shape index (κ1) is 17.2. The molecule has 23 heavy (non-hydrogen) atoms. The minimum absolute atomic E-state index is 0.0818. The number of aliphatic hydroxyl groups excluding tert-OH is 1. The summed E-state index contributed by atoms with van der Waals surface area (Å²) in [6.45, 7) is 6.59. The number of aliphatic hydroxyl groups is 1. The van der Waals surface area contributed by atoms with Gasteiger partial charge in [0.2, 0.25) is 5.91 Å². The average Bonchev–Trinajstić information content (AvgIpc) is 2.55. The molecule has 1 saturated heterocycles. The molecule has 1 amide bonds. The van der Waals surface area contributed by atoms with Gasteiger partial charge in [0.25, 0.3) is 0 Å². The van der Waals surface area contributed by atoms with Crippen LogP contribution in [0.15, 0.2) is 0 Å². The summed E-state index contributed by atoms with van der Waals surface area (Å²) in [6, 6.07) is 0. The summed E-state index contributed by atoms with van der Waals surface area (Å²) in [6.07, 6.45) is 9.46. The Hall–Kier alpha value is -0.610. The van der Waals surface area contributed by atoms with Crippen molar-refractivity contribution in [2.75, 3.05) is 19.7 Å². The Kier molecular flexibility index (Phi) is 5.03. The van der Waals surface area contributed by atoms with E-state index >= 15 is 0 Å². The van der Waals surface area contributed by atoms with E-state index in [-0.39, 0.29) is 23.0 Å². The maximum absolute atomic E-state index is 12.7. The van der Waals surface area contributed by atoms with Crippen molar-refractivity contribution in [3.8, 4) is 0 Å². The van der Waals surface area contributed by atoms with Gasteiger partial charge in [0.1, 0.15) is 0 Å². The number of amides is 1. The fourth-order valence-corrected chi connectivity index (χ4v) is 5.05. The van der Waals surface area contributed by atoms with Crippen LogP contribution in [0.4, 0.5) is 0 Å². The number of rotatable bonds is 4. The number of carbonyl (C=O) groups is 1. The largest absolute Gasteiger partial charge is 0.392 e. The fourth-order valence-electron chi connectivity index (χ4n) is 5.05. The highest BCUT2D eigenvalue weighted by molar-refractivity contribution is 5.77. The molecule has 0 bridgehead atoms. The second-order valence-electron chi connectivity index (χ2n) is 8.36. The van der Waals surface area contributed by atoms with Crippen molar-refractivity contribution in [1.82, 2.24) is 4.90 Å². The van der Waals surface area contributed by atoms with Gasteiger partial charge in [-0.25, -0.2) is 0 Å². The highest BCUT2D eigenvalue weighted by Gasteiger charge is 2.56. The zero-order valence-electron chi connectivity index (χ0n) is 14.9. The van der Waals surface area contributed by atoms with Gasteiger partial charge in [-0.3, -0.25) is 4.79 Å². The van der Waals surface area contributed by atoms with Crippen LogP contribution in [0.5, 0.6) is 0 Å². The molecule has 4 nitrogen and oxygen atoms in total. The highest BCUT2D eigenvalue weighted by Crippen LogP contribution is 2.51. The molecule has 3 aliphatic rings. The van der Waals surface area contributed by atoms with Gasteiger partial charge in [-0.2, -0.15) is 0 Å². The molecule has 2 saturated carbocycles. The number of hydrogen-bond acceptors (Lipinski definition) is 3. The quantitative estimate of drug-likeness (QED) is 0.865. The summed E-state index contributed by atoms with van der Waals surface area (Å²) in [7, 11) is 0. The molecule has 3 rings (SSSR count). The summed E-state index contributed by atoms with van der Waals surface area (Å²) >= 11 is 0. The minimum atomic E-state index is -0.243. The molecule has 4 heteroatoms. The molecule has 0 aromatic heterocycles. The van der Waals surface area contributed by atoms with E-state index in [1.54, 1.807) is 0 Å². The third-order valence-electron chi connectivity index (χ3n) is 6.80. The maximum atomic E-state index is 12.7. The monoisotopic (exact) mass is 323 g/mol. The van der Waals surface area contributed by atoms with Gasteiger partial charge in [0.15, 0.2) is 0 Å². The molecule has 0 aromatic carbocycles. The molecular weight excluding hydrogens is 290 g/mol. The number of nitrogens with zero attached hydrogens (tertiary/aromatic N) is 1. The molecule has 0 radical (unpaired) electrons. The van der Waals surface area contributed by atoms with Crippen molar-refractivity contribution in [3.63, 3.8) is 0 Å². The van der Waals surface area contributed by atoms with Gasteiger partial charge in [0.05, 0.1) is 12.2 Å². The van der Waals surface area contributed by atoms with E-state index in [2.05, 4.69) is 6.92 Å². The minimum Gasteiger partial charge on any atom is -0.392 e. The van der Waals surface area contributed by atoms with E-state index in [0.29, 0.717) is 18.9 Å². The Morgan fingerprint density at radius 1 is 1.17 bits per heavy atom. The van der Waals surface area contributed by atoms with E-state index in [0.717, 1.165) is 32.4 Å². The summed E-state index contributed by atoms with van der Waals surface area (Å²) < 4.78 is 5.81. The van der Waals surface area contributed by atoms with Gasteiger partial charge in [-0.15, -0.1) is 0 Å². The van der Waals surface area contributed by atoms with Crippen molar-refractivity contribution >= 4 is 5.91 Å². The fraction of sp³-hybridized carbons (Fsp3) is 0.947. The van der Waals surface area contributed by atoms with Crippen LogP contribution in [-0.2, 0) is 9.53 Å². The highest BCUT2D eigenvalue weighted by atomic mass is 16.5. The van der Waals surface area contributed by atoms with Crippen LogP contribution in [0.3, 0.4) is 0 Å². The van der Waals surface area contributed by atoms with Crippen LogP contribution in [-0.4, -0.2) is 47.8 Å². The standard InChI is InChI=1S/C19H33NO3/c1-3-23-16-13-15(21)19(16)9-11-20(12-10-19)17(22)14-18(2)7-5-4-6-8-18/h15-16,21H,3-14H2,1-2H3. The van der Waals surface area contributed by atoms with Crippen molar-refractivity contribution < 1.29 is 14.6 Å². The topological polar surface area (TPSA) is 49.8 Å². The predicted octanol–water partition coefficient (Wildman–Crippen LogP) is 3.13. The molecule has 2 unspecified atom stereocenters. The second-order valence-corrected chi connectivity index (χ2v) is 8.36. The lowest BCUT2D eigenvalue weighted by Gasteiger charge is -2.56. The van der Waals surface area contributed by atoms with Crippen molar-refractivity contribution in [1.29, 1.82) is 0 Å². The SMILES string of the molecule is CCOC1CC(O)C12CCN(C(=O)CC1(C)CCCCC1)CC2. The first-order valence-corrected chi connectivity index (χ1v) is 9.57. The van der Waals surface area contributed by atoms with Crippen LogP contribution >= 0.6 is 0 Å². The van der Waals surface area contributed by atoms with Crippen LogP contribution < -0.4 is 0 Å². The van der Waals surface area contributed by atoms with Gasteiger partial charge >= 0.3 is 0 Å². The molecule has 1 aliphatic heterocycles. The Balaban J connectivity index is 1.53. The van der Waals surface area contributed by atoms with Crippen molar-refractivity contribution in [2.45, 2.75) is 83.8 Å². The number of carbonyl (C=O) groups excluding carboxylic acids is 1. The third-order valence-corrected chi connectivity index (χ3v) is 6.80. The van der Waals surface area contributed by atoms with Gasteiger partial charge < -0.3 is 14.7 Å². The average molecular weight is 323 g/mol. The Morgan fingerprint density at radius 2 is 1.83 bits per heavy atom. The number of hydrogen-bond donors (Lipinski definition) is 1. The van der Waals surface area contributed by atoms with Crippen LogP contribution in [0.1, 0.15) is 71.6 Å². The molecule has 2 atom stereocenters. The number of piperidine rings is 1. The molecule has 1 spiro atoms. The summed E-state index contributed by atoms with van der Waals surface area (Å²) in [5, 5.41) is 10.3. The van der Waals surface area contributed by atoms with Gasteiger partial charge in [-0.1, -0.05) is 26.2 Å². The maximum Gasteiger partial charge on any atom is 0.223 e. The molecule has 3 fully saturated rings. The molecular formula is C19H33NO3. The first-order valence-electron chi connectivity index (χ1n) is 9.57. The third kappa shape index (κ3) is 3.30. The molecule has 132 valence electrons. The van der Waals surface area contributed by atoms with Crippen LogP contribution in [0.2, 0.25) is 0 Å². The lowest BCUT2D eigenvalue weighted by Crippen LogP contribution is -2.62. The zero-order chi connectivity index (χ0) is 16.5. The molecule has 1 N–H and O–H groups in total. The number of likely N-dealkylation sites (tertiary alicyclic amines) is 1. The lowest BCUT2D eigenvalue weighted by molar-refractivity contribution is -0.210. The van der Waals surface area contributed by atoms with E-state index in [1.807, 2.05) is 11.8 Å². The summed E-state index contributed by atoms with van der Waals surface area (Å²) in [4.78, 5) is 14.8. The Morgan fingerprint density at radius 3 is 2.39 bits per heavy atom. The van der Waals surface area contributed by atoms with Crippen LogP contribution in [0.25, 0.3) is 0 Å².